The number of nitrogens with zero attached hydrogens (tertiary/aromatic N) is 5. The van der Waals surface area contributed by atoms with Crippen LogP contribution >= 0.6 is 0 Å². The second kappa shape index (κ2) is 13.0. The Morgan fingerprint density at radius 2 is 1.04 bits per heavy atom. The number of aromatic nitrogens is 2. The quantitative estimate of drug-likeness (QED) is 0.127. The van der Waals surface area contributed by atoms with Gasteiger partial charge in [-0.2, -0.15) is 0 Å². The van der Waals surface area contributed by atoms with Crippen LogP contribution in [0, 0.1) is 0 Å². The van der Waals surface area contributed by atoms with E-state index < -0.39 is 0 Å². The van der Waals surface area contributed by atoms with Crippen molar-refractivity contribution in [3.63, 3.8) is 0 Å². The molecule has 0 saturated carbocycles. The molecule has 10 aromatic rings. The highest BCUT2D eigenvalue weighted by Gasteiger charge is 2.21. The molecule has 0 saturated heterocycles. The zero-order valence-corrected chi connectivity index (χ0v) is 29.3. The molecule has 10 rings (SSSR count). The van der Waals surface area contributed by atoms with Crippen LogP contribution in [0.3, 0.4) is 0 Å². The number of para-hydroxylation sites is 3. The van der Waals surface area contributed by atoms with Crippen molar-refractivity contribution in [2.75, 3.05) is 0 Å². The monoisotopic (exact) mass is 691 g/mol. The van der Waals surface area contributed by atoms with Crippen LogP contribution in [-0.4, -0.2) is 27.6 Å². The highest BCUT2D eigenvalue weighted by Crippen LogP contribution is 2.40. The van der Waals surface area contributed by atoms with Gasteiger partial charge in [0.05, 0.1) is 22.1 Å². The second-order valence-corrected chi connectivity index (χ2v) is 13.4. The number of aliphatic imine (C=N–C) groups is 2. The summed E-state index contributed by atoms with van der Waals surface area (Å²) in [5.74, 6) is 1.01. The van der Waals surface area contributed by atoms with E-state index in [1.54, 1.807) is 0 Å². The van der Waals surface area contributed by atoms with Gasteiger partial charge in [-0.15, -0.1) is 5.10 Å². The van der Waals surface area contributed by atoms with Gasteiger partial charge in [-0.3, -0.25) is 0 Å². The van der Waals surface area contributed by atoms with Crippen molar-refractivity contribution < 1.29 is 0 Å². The Labute approximate surface area is 312 Å². The summed E-state index contributed by atoms with van der Waals surface area (Å²) in [5, 5.41) is 12.5. The standard InChI is InChI=1S/C49H33N5/c1-50-48(34-17-4-2-5-18-34)51-49(36-21-14-20-35(32-36)39-27-15-19-33-16-8-9-24-38(33)39)52-54-45-29-13-11-26-41(45)43-31-30-42-40-25-10-12-28-44(40)53(46(42)47(43)54)37-22-6-3-7-23-37/h2-32H,1H2/b51-48?,52-49-. The maximum absolute atomic E-state index is 5.56. The average Bonchev–Trinajstić information content (AvgIpc) is 3.75. The number of fused-ring (bicyclic) bond motifs is 8. The van der Waals surface area contributed by atoms with Crippen molar-refractivity contribution >= 4 is 72.8 Å². The van der Waals surface area contributed by atoms with Gasteiger partial charge in [0.1, 0.15) is 0 Å². The molecule has 0 N–H and O–H groups in total. The molecule has 8 aromatic carbocycles. The molecule has 0 spiro atoms. The van der Waals surface area contributed by atoms with Crippen molar-refractivity contribution in [2.24, 2.45) is 15.1 Å². The van der Waals surface area contributed by atoms with E-state index in [0.717, 1.165) is 66.2 Å². The first-order chi connectivity index (χ1) is 26.8. The molecule has 0 aliphatic carbocycles. The van der Waals surface area contributed by atoms with Gasteiger partial charge in [0.15, 0.2) is 11.7 Å². The van der Waals surface area contributed by atoms with Crippen LogP contribution in [0.15, 0.2) is 203 Å². The summed E-state index contributed by atoms with van der Waals surface area (Å²) in [4.78, 5) is 9.67. The molecular weight excluding hydrogens is 659 g/mol. The second-order valence-electron chi connectivity index (χ2n) is 13.4. The number of hydrogen-bond donors (Lipinski definition) is 0. The molecule has 54 heavy (non-hydrogen) atoms. The van der Waals surface area contributed by atoms with Crippen LogP contribution in [0.1, 0.15) is 11.1 Å². The summed E-state index contributed by atoms with van der Waals surface area (Å²) in [6, 6.07) is 65.5. The largest absolute Gasteiger partial charge is 0.307 e. The molecule has 0 aliphatic heterocycles. The van der Waals surface area contributed by atoms with Crippen LogP contribution < -0.4 is 0 Å². The first-order valence-corrected chi connectivity index (χ1v) is 18.1. The predicted octanol–water partition coefficient (Wildman–Crippen LogP) is 12.1. The SMILES string of the molecule is C=NC(=N/C(=N\n1c2ccccc2c2ccc3c4ccccc4n(-c4ccccc4)c3c21)c1cccc(-c2cccc3ccccc23)c1)c1ccccc1. The van der Waals surface area contributed by atoms with Crippen molar-refractivity contribution in [1.29, 1.82) is 0 Å². The third-order valence-corrected chi connectivity index (χ3v) is 10.3. The molecule has 0 amide bonds. The number of rotatable bonds is 5. The number of hydrogen-bond acceptors (Lipinski definition) is 1. The minimum Gasteiger partial charge on any atom is -0.307 e. The van der Waals surface area contributed by atoms with Crippen LogP contribution in [0.4, 0.5) is 0 Å². The first kappa shape index (κ1) is 31.4. The van der Waals surface area contributed by atoms with Crippen LogP contribution in [0.25, 0.3) is 71.2 Å². The number of benzene rings is 8. The lowest BCUT2D eigenvalue weighted by Gasteiger charge is -2.12. The Hall–Kier alpha value is -7.37. The summed E-state index contributed by atoms with van der Waals surface area (Å²) in [6.07, 6.45) is 0. The fourth-order valence-electron chi connectivity index (χ4n) is 7.85. The third-order valence-electron chi connectivity index (χ3n) is 10.3. The molecule has 5 nitrogen and oxygen atoms in total. The Morgan fingerprint density at radius 1 is 0.444 bits per heavy atom. The lowest BCUT2D eigenvalue weighted by atomic mass is 9.97. The van der Waals surface area contributed by atoms with Crippen molar-refractivity contribution in [3.8, 4) is 16.8 Å². The van der Waals surface area contributed by atoms with E-state index in [9.17, 15) is 0 Å². The van der Waals surface area contributed by atoms with Gasteiger partial charge in [-0.25, -0.2) is 14.7 Å². The molecule has 0 fully saturated rings. The van der Waals surface area contributed by atoms with E-state index in [0.29, 0.717) is 11.7 Å². The molecule has 2 heterocycles. The fourth-order valence-corrected chi connectivity index (χ4v) is 7.85. The molecule has 254 valence electrons. The van der Waals surface area contributed by atoms with Gasteiger partial charge >= 0.3 is 0 Å². The molecular formula is C49H33N5. The highest BCUT2D eigenvalue weighted by molar-refractivity contribution is 6.23. The van der Waals surface area contributed by atoms with E-state index in [-0.39, 0.29) is 0 Å². The summed E-state index contributed by atoms with van der Waals surface area (Å²) >= 11 is 0. The summed E-state index contributed by atoms with van der Waals surface area (Å²) in [5.41, 5.74) is 9.23. The van der Waals surface area contributed by atoms with Crippen LogP contribution in [0.2, 0.25) is 0 Å². The van der Waals surface area contributed by atoms with E-state index >= 15 is 0 Å². The normalized spacial score (nSPS) is 12.4. The molecule has 0 aliphatic rings. The Bertz CT molecular complexity index is 3110. The summed E-state index contributed by atoms with van der Waals surface area (Å²) in [7, 11) is 0. The van der Waals surface area contributed by atoms with Gasteiger partial charge < -0.3 is 4.57 Å². The van der Waals surface area contributed by atoms with E-state index in [4.69, 9.17) is 10.1 Å². The molecule has 5 heteroatoms. The smallest absolute Gasteiger partial charge is 0.182 e. The predicted molar refractivity (Wildman–Crippen MR) is 228 cm³/mol. The van der Waals surface area contributed by atoms with Gasteiger partial charge in [-0.1, -0.05) is 158 Å². The summed E-state index contributed by atoms with van der Waals surface area (Å²) in [6.45, 7) is 3.94. The van der Waals surface area contributed by atoms with E-state index in [1.807, 2.05) is 30.3 Å². The maximum Gasteiger partial charge on any atom is 0.182 e. The van der Waals surface area contributed by atoms with E-state index in [1.165, 1.54) is 16.2 Å². The average molecular weight is 692 g/mol. The fraction of sp³-hybridized carbons (Fsp3) is 0. The number of amidine groups is 2. The minimum atomic E-state index is 0.495. The summed E-state index contributed by atoms with van der Waals surface area (Å²) < 4.78 is 4.45. The first-order valence-electron chi connectivity index (χ1n) is 18.1. The third kappa shape index (κ3) is 5.13. The highest BCUT2D eigenvalue weighted by atomic mass is 15.4. The Morgan fingerprint density at radius 3 is 1.81 bits per heavy atom. The van der Waals surface area contributed by atoms with Gasteiger partial charge in [0.25, 0.3) is 0 Å². The zero-order chi connectivity index (χ0) is 36.0. The van der Waals surface area contributed by atoms with Crippen LogP contribution in [0.5, 0.6) is 0 Å². The Balaban J connectivity index is 1.32. The van der Waals surface area contributed by atoms with Crippen molar-refractivity contribution in [2.45, 2.75) is 0 Å². The van der Waals surface area contributed by atoms with Gasteiger partial charge in [-0.05, 0) is 58.9 Å². The van der Waals surface area contributed by atoms with Crippen molar-refractivity contribution in [3.05, 3.63) is 199 Å². The zero-order valence-electron chi connectivity index (χ0n) is 29.3. The molecule has 0 radical (unpaired) electrons. The lowest BCUT2D eigenvalue weighted by molar-refractivity contribution is 0.962. The topological polar surface area (TPSA) is 46.9 Å². The molecule has 0 atom stereocenters. The van der Waals surface area contributed by atoms with Gasteiger partial charge in [0.2, 0.25) is 0 Å². The minimum absolute atomic E-state index is 0.495. The van der Waals surface area contributed by atoms with Crippen LogP contribution in [-0.2, 0) is 0 Å². The maximum atomic E-state index is 5.56. The lowest BCUT2D eigenvalue weighted by Crippen LogP contribution is -2.07. The van der Waals surface area contributed by atoms with Gasteiger partial charge in [0, 0.05) is 38.4 Å². The van der Waals surface area contributed by atoms with Crippen molar-refractivity contribution in [1.82, 2.24) is 9.24 Å². The molecule has 0 bridgehead atoms. The van der Waals surface area contributed by atoms with E-state index in [2.05, 4.69) is 179 Å². The Kier molecular flexibility index (Phi) is 7.55. The molecule has 0 unspecified atom stereocenters. The molecule has 2 aromatic heterocycles.